The molecule has 0 aromatic carbocycles. The van der Waals surface area contributed by atoms with Crippen LogP contribution in [0, 0.1) is 0 Å². The van der Waals surface area contributed by atoms with Gasteiger partial charge in [-0.15, -0.1) is 44.6 Å². The molecule has 0 bridgehead atoms. The molecule has 4 aromatic heterocycles. The third-order valence-electron chi connectivity index (χ3n) is 4.35. The first-order valence-corrected chi connectivity index (χ1v) is 20.6. The van der Waals surface area contributed by atoms with Gasteiger partial charge in [0, 0.05) is 4.91 Å². The maximum atomic E-state index is 8.80. The van der Waals surface area contributed by atoms with Gasteiger partial charge in [0.25, 0.3) is 5.89 Å². The Labute approximate surface area is 316 Å². The van der Waals surface area contributed by atoms with Crippen LogP contribution in [-0.2, 0) is 11.3 Å². The molecular formula is C36H68N6O5S3. The van der Waals surface area contributed by atoms with E-state index in [1.165, 1.54) is 27.6 Å². The number of aliphatic hydroxyl groups is 1. The Morgan fingerprint density at radius 2 is 1.32 bits per heavy atom. The molecule has 0 unspecified atom stereocenters. The number of thiophene rings is 2. The van der Waals surface area contributed by atoms with Gasteiger partial charge in [-0.1, -0.05) is 94.8 Å². The number of hydrogen-bond donors (Lipinski definition) is 2. The fraction of sp³-hybridized carbons (Fsp3) is 0.583. The lowest BCUT2D eigenvalue weighted by molar-refractivity contribution is 0.222. The number of nitrogens with one attached hydrogen (secondary N) is 1. The number of aromatic nitrogens is 6. The summed E-state index contributed by atoms with van der Waals surface area (Å²) in [5.74, 6) is 3.70. The molecule has 0 saturated carbocycles. The maximum Gasteiger partial charge on any atom is 0.252 e. The number of hydrogen-bond acceptors (Lipinski definition) is 13. The highest BCUT2D eigenvalue weighted by atomic mass is 32.2. The van der Waals surface area contributed by atoms with Crippen LogP contribution in [0.25, 0.3) is 21.4 Å². The van der Waals surface area contributed by atoms with Crippen LogP contribution in [0.15, 0.2) is 50.7 Å². The zero-order chi connectivity index (χ0) is 39.8. The lowest BCUT2D eigenvalue weighted by atomic mass is 10.4. The van der Waals surface area contributed by atoms with E-state index in [0.717, 1.165) is 27.0 Å². The second-order valence-electron chi connectivity index (χ2n) is 6.76. The van der Waals surface area contributed by atoms with Crippen molar-refractivity contribution in [3.63, 3.8) is 0 Å². The predicted molar refractivity (Wildman–Crippen MR) is 219 cm³/mol. The molecule has 0 aliphatic carbocycles. The number of thioether (sulfide) groups is 1. The van der Waals surface area contributed by atoms with E-state index in [2.05, 4.69) is 37.3 Å². The van der Waals surface area contributed by atoms with Crippen LogP contribution in [-0.4, -0.2) is 61.9 Å². The molecular weight excluding hydrogens is 693 g/mol. The zero-order valence-corrected chi connectivity index (χ0v) is 36.4. The van der Waals surface area contributed by atoms with E-state index in [9.17, 15) is 0 Å². The summed E-state index contributed by atoms with van der Waals surface area (Å²) >= 11 is 4.69. The monoisotopic (exact) mass is 760 g/mol. The third-order valence-corrected chi connectivity index (χ3v) is 6.95. The smallest absolute Gasteiger partial charge is 0.252 e. The van der Waals surface area contributed by atoms with Gasteiger partial charge in [-0.05, 0) is 68.1 Å². The maximum absolute atomic E-state index is 8.80. The van der Waals surface area contributed by atoms with Gasteiger partial charge < -0.3 is 23.8 Å². The molecule has 0 amide bonds. The average molecular weight is 761 g/mol. The van der Waals surface area contributed by atoms with Crippen molar-refractivity contribution in [2.24, 2.45) is 0 Å². The van der Waals surface area contributed by atoms with E-state index in [1.807, 2.05) is 140 Å². The highest BCUT2D eigenvalue weighted by Gasteiger charge is 2.14. The number of H-pyrrole nitrogens is 1. The first-order chi connectivity index (χ1) is 24.5. The van der Waals surface area contributed by atoms with Crippen molar-refractivity contribution in [2.75, 3.05) is 26.1 Å². The highest BCUT2D eigenvalue weighted by molar-refractivity contribution is 8.02. The number of aliphatic hydroxyl groups excluding tert-OH is 1. The largest absolute Gasteiger partial charge is 0.493 e. The third kappa shape index (κ3) is 24.0. The van der Waals surface area contributed by atoms with E-state index in [4.69, 9.17) is 23.8 Å². The molecule has 0 radical (unpaired) electrons. The Kier molecular flexibility index (Phi) is 49.2. The summed E-state index contributed by atoms with van der Waals surface area (Å²) in [7, 11) is 0. The van der Waals surface area contributed by atoms with Gasteiger partial charge in [0.15, 0.2) is 0 Å². The molecule has 4 heterocycles. The quantitative estimate of drug-likeness (QED) is 0.111. The van der Waals surface area contributed by atoms with E-state index >= 15 is 0 Å². The minimum atomic E-state index is -0.248. The Morgan fingerprint density at radius 1 is 0.840 bits per heavy atom. The number of rotatable bonds is 11. The molecule has 0 saturated heterocycles. The van der Waals surface area contributed by atoms with Gasteiger partial charge in [-0.25, -0.2) is 0 Å². The molecule has 0 spiro atoms. The second-order valence-corrected chi connectivity index (χ2v) is 9.61. The van der Waals surface area contributed by atoms with E-state index in [-0.39, 0.29) is 12.5 Å². The van der Waals surface area contributed by atoms with Gasteiger partial charge in [0.05, 0.1) is 19.8 Å². The topological polar surface area (TPSA) is 141 Å². The number of tetrazole rings is 1. The van der Waals surface area contributed by atoms with Gasteiger partial charge in [-0.2, -0.15) is 10.2 Å². The Morgan fingerprint density at radius 3 is 1.66 bits per heavy atom. The lowest BCUT2D eigenvalue weighted by Crippen LogP contribution is -1.91. The van der Waals surface area contributed by atoms with Crippen molar-refractivity contribution >= 4 is 34.4 Å². The van der Waals surface area contributed by atoms with Crippen LogP contribution in [0.3, 0.4) is 0 Å². The van der Waals surface area contributed by atoms with Crippen LogP contribution in [0.2, 0.25) is 0 Å². The van der Waals surface area contributed by atoms with Gasteiger partial charge in [0.1, 0.15) is 33.6 Å². The first kappa shape index (κ1) is 56.2. The van der Waals surface area contributed by atoms with E-state index in [1.54, 1.807) is 17.8 Å². The summed E-state index contributed by atoms with van der Waals surface area (Å²) in [6.45, 7) is 37.2. The molecule has 50 heavy (non-hydrogen) atoms. The number of allylic oxidation sites excluding steroid dienone is 2. The Balaban J connectivity index is -0.000000178. The van der Waals surface area contributed by atoms with E-state index in [0.29, 0.717) is 31.5 Å². The molecule has 4 aromatic rings. The lowest BCUT2D eigenvalue weighted by Gasteiger charge is -2.05. The molecule has 0 aliphatic heterocycles. The fourth-order valence-electron chi connectivity index (χ4n) is 2.69. The van der Waals surface area contributed by atoms with Gasteiger partial charge in [-0.3, -0.25) is 0 Å². The number of nitrogens with zero attached hydrogens (tertiary/aromatic N) is 5. The zero-order valence-electron chi connectivity index (χ0n) is 34.0. The van der Waals surface area contributed by atoms with Crippen LogP contribution in [0.1, 0.15) is 117 Å². The summed E-state index contributed by atoms with van der Waals surface area (Å²) in [5, 5.41) is 30.1. The summed E-state index contributed by atoms with van der Waals surface area (Å²) in [5.41, 5.74) is 0. The van der Waals surface area contributed by atoms with Crippen LogP contribution >= 0.6 is 34.4 Å². The van der Waals surface area contributed by atoms with Gasteiger partial charge in [0.2, 0.25) is 11.6 Å². The minimum absolute atomic E-state index is 0.209. The van der Waals surface area contributed by atoms with E-state index < -0.39 is 0 Å². The molecule has 4 rings (SSSR count). The average Bonchev–Trinajstić information content (AvgIpc) is 4.05. The molecule has 0 atom stereocenters. The van der Waals surface area contributed by atoms with Crippen molar-refractivity contribution in [2.45, 2.75) is 117 Å². The van der Waals surface area contributed by atoms with Gasteiger partial charge >= 0.3 is 0 Å². The van der Waals surface area contributed by atoms with Crippen molar-refractivity contribution < 1.29 is 23.8 Å². The summed E-state index contributed by atoms with van der Waals surface area (Å²) in [4.78, 5) is 6.93. The number of ether oxygens (including phenoxy) is 3. The molecule has 11 nitrogen and oxygen atoms in total. The predicted octanol–water partition coefficient (Wildman–Crippen LogP) is 12.0. The summed E-state index contributed by atoms with van der Waals surface area (Å²) in [6, 6.07) is 3.76. The first-order valence-electron chi connectivity index (χ1n) is 17.6. The molecule has 14 heteroatoms. The normalized spacial score (nSPS) is 9.00. The minimum Gasteiger partial charge on any atom is -0.493 e. The molecule has 0 aliphatic rings. The SMILES string of the molecule is C=C/C(OCC)=C(/C)SC.CC.CC.CC.CC.CC.CC.CCOc1ccsc1-c1nn[nH]n1.CCOc1ccsc1-c1noc(CO)n1. The summed E-state index contributed by atoms with van der Waals surface area (Å²) < 4.78 is 20.9. The van der Waals surface area contributed by atoms with Crippen molar-refractivity contribution in [1.82, 2.24) is 30.8 Å². The second kappa shape index (κ2) is 43.8. The standard InChI is InChI=1S/C9H10N2O3S.C8H14OS.C7H8N4OS.6C2H6/c1-2-13-6-3-4-15-8(6)9-10-7(5-12)14-11-9;1-5-8(9-6-2)7(3)10-4;1-2-12-5-3-4-13-6(5)7-8-10-11-9-7;6*1-2/h3-4,12H,2,5H2,1H3;5H,1,6H2,2-4H3;3-4H,2H2,1H3,(H,8,9,10,11);6*1-2H3/b;8-7+;;;;;;;. The highest BCUT2D eigenvalue weighted by Crippen LogP contribution is 2.34. The summed E-state index contributed by atoms with van der Waals surface area (Å²) in [6.07, 6.45) is 3.77. The molecule has 290 valence electrons. The Hall–Kier alpha value is -3.20. The number of aromatic amines is 1. The molecule has 0 fully saturated rings. The van der Waals surface area contributed by atoms with Crippen molar-refractivity contribution in [3.05, 3.63) is 52.1 Å². The van der Waals surface area contributed by atoms with Crippen LogP contribution < -0.4 is 9.47 Å². The van der Waals surface area contributed by atoms with Crippen LogP contribution in [0.4, 0.5) is 0 Å². The fourth-order valence-corrected chi connectivity index (χ4v) is 4.55. The Bertz CT molecular complexity index is 1240. The van der Waals surface area contributed by atoms with Crippen molar-refractivity contribution in [3.8, 4) is 32.9 Å². The van der Waals surface area contributed by atoms with Crippen molar-refractivity contribution in [1.29, 1.82) is 0 Å². The molecule has 2 N–H and O–H groups in total. The van der Waals surface area contributed by atoms with Crippen LogP contribution in [0.5, 0.6) is 11.5 Å².